The molecular formula is C21H26N4O6S. The summed E-state index contributed by atoms with van der Waals surface area (Å²) in [6, 6.07) is 0.900. The molecule has 2 unspecified atom stereocenters. The van der Waals surface area contributed by atoms with Crippen LogP contribution in [0.25, 0.3) is 0 Å². The number of β-lactam (4-membered cyclic amide) rings is 1. The number of hydrogen-bond acceptors (Lipinski definition) is 7. The van der Waals surface area contributed by atoms with Gasteiger partial charge in [-0.15, -0.1) is 11.3 Å². The van der Waals surface area contributed by atoms with Crippen LogP contribution in [0, 0.1) is 5.92 Å². The molecule has 11 heteroatoms. The van der Waals surface area contributed by atoms with Gasteiger partial charge >= 0.3 is 6.03 Å². The molecule has 2 saturated heterocycles. The van der Waals surface area contributed by atoms with Crippen molar-refractivity contribution >= 4 is 46.6 Å². The van der Waals surface area contributed by atoms with Gasteiger partial charge in [0.15, 0.2) is 0 Å². The molecule has 3 rings (SSSR count). The second-order valence-corrected chi connectivity index (χ2v) is 8.95. The molecule has 3 heterocycles. The van der Waals surface area contributed by atoms with Crippen molar-refractivity contribution in [2.75, 3.05) is 25.5 Å². The van der Waals surface area contributed by atoms with Gasteiger partial charge in [0.2, 0.25) is 17.4 Å². The first kappa shape index (κ1) is 23.6. The zero-order chi connectivity index (χ0) is 23.5. The number of rotatable bonds is 7. The van der Waals surface area contributed by atoms with Crippen LogP contribution in [0.5, 0.6) is 0 Å². The predicted molar refractivity (Wildman–Crippen MR) is 117 cm³/mol. The van der Waals surface area contributed by atoms with Gasteiger partial charge in [-0.05, 0) is 38.1 Å². The lowest BCUT2D eigenvalue weighted by Gasteiger charge is -2.39. The van der Waals surface area contributed by atoms with Crippen LogP contribution in [0.2, 0.25) is 0 Å². The van der Waals surface area contributed by atoms with E-state index >= 15 is 0 Å². The Kier molecular flexibility index (Phi) is 7.09. The molecule has 0 bridgehead atoms. The number of allylic oxidation sites excluding steroid dienone is 2. The first-order valence-electron chi connectivity index (χ1n) is 10.2. The molecule has 32 heavy (non-hydrogen) atoms. The number of carbonyl (C=O) groups is 5. The first-order valence-corrected chi connectivity index (χ1v) is 11.1. The van der Waals surface area contributed by atoms with E-state index in [2.05, 4.69) is 16.0 Å². The van der Waals surface area contributed by atoms with Crippen LogP contribution in [-0.2, 0) is 30.3 Å². The highest BCUT2D eigenvalue weighted by Crippen LogP contribution is 2.26. The monoisotopic (exact) mass is 462 g/mol. The fourth-order valence-corrected chi connectivity index (χ4v) is 4.28. The Hall–Kier alpha value is -3.05. The summed E-state index contributed by atoms with van der Waals surface area (Å²) in [4.78, 5) is 63.1. The second kappa shape index (κ2) is 9.61. The number of thiophene rings is 1. The zero-order valence-corrected chi connectivity index (χ0v) is 19.0. The minimum Gasteiger partial charge on any atom is -0.349 e. The van der Waals surface area contributed by atoms with Gasteiger partial charge in [0.05, 0.1) is 18.7 Å². The summed E-state index contributed by atoms with van der Waals surface area (Å²) in [6.07, 6.45) is 2.70. The lowest BCUT2D eigenvalue weighted by molar-refractivity contribution is -0.166. The number of ether oxygens (including phenoxy) is 1. The summed E-state index contributed by atoms with van der Waals surface area (Å²) in [5.74, 6) is -2.69. The van der Waals surface area contributed by atoms with E-state index in [4.69, 9.17) is 4.74 Å². The van der Waals surface area contributed by atoms with Crippen LogP contribution < -0.4 is 16.0 Å². The number of carbonyl (C=O) groups excluding carboxylic acids is 5. The van der Waals surface area contributed by atoms with Gasteiger partial charge < -0.3 is 20.7 Å². The average Bonchev–Trinajstić information content (AvgIpc) is 3.17. The highest BCUT2D eigenvalue weighted by molar-refractivity contribution is 7.10. The minimum absolute atomic E-state index is 0.0939. The van der Waals surface area contributed by atoms with Crippen molar-refractivity contribution in [1.29, 1.82) is 0 Å². The quantitative estimate of drug-likeness (QED) is 0.241. The van der Waals surface area contributed by atoms with Crippen LogP contribution in [0.15, 0.2) is 23.1 Å². The van der Waals surface area contributed by atoms with E-state index in [1.54, 1.807) is 11.4 Å². The van der Waals surface area contributed by atoms with Gasteiger partial charge in [-0.1, -0.05) is 11.6 Å². The number of nitrogens with zero attached hydrogens (tertiary/aromatic N) is 1. The smallest absolute Gasteiger partial charge is 0.328 e. The van der Waals surface area contributed by atoms with Gasteiger partial charge in [-0.3, -0.25) is 24.1 Å². The molecule has 2 fully saturated rings. The van der Waals surface area contributed by atoms with Gasteiger partial charge in [0.25, 0.3) is 11.8 Å². The van der Waals surface area contributed by atoms with Crippen molar-refractivity contribution in [3.63, 3.8) is 0 Å². The Balaban J connectivity index is 1.60. The fourth-order valence-electron chi connectivity index (χ4n) is 3.45. The van der Waals surface area contributed by atoms with Crippen molar-refractivity contribution in [2.24, 2.45) is 5.92 Å². The SMILES string of the molecule is COC1(NC(=O)Cc2sccc2NC(=O)N2CCC(CC=C(C)C)C(=O)C2=O)CNC1=O. The second-order valence-electron chi connectivity index (χ2n) is 7.95. The standard InChI is InChI=1S/C21H26N4O6S/c1-12(2)4-5-13-6-8-25(18(28)17(13)27)20(30)23-14-7-9-32-15(14)10-16(26)24-21(31-3)11-22-19(21)29/h4,7,9,13H,5-6,8,10-11H2,1-3H3,(H,22,29)(H,23,30)(H,24,26). The summed E-state index contributed by atoms with van der Waals surface area (Å²) in [5.41, 5.74) is 0.0563. The number of piperidine rings is 1. The molecule has 1 aromatic rings. The number of hydrogen-bond donors (Lipinski definition) is 3. The molecule has 10 nitrogen and oxygen atoms in total. The van der Waals surface area contributed by atoms with Crippen LogP contribution >= 0.6 is 11.3 Å². The molecule has 2 aliphatic heterocycles. The zero-order valence-electron chi connectivity index (χ0n) is 18.1. The highest BCUT2D eigenvalue weighted by Gasteiger charge is 2.48. The van der Waals surface area contributed by atoms with E-state index < -0.39 is 41.2 Å². The average molecular weight is 463 g/mol. The Bertz CT molecular complexity index is 979. The molecule has 5 amide bonds. The van der Waals surface area contributed by atoms with Crippen LogP contribution in [0.4, 0.5) is 10.5 Å². The topological polar surface area (TPSA) is 134 Å². The number of amides is 5. The maximum atomic E-state index is 12.7. The summed E-state index contributed by atoms with van der Waals surface area (Å²) >= 11 is 1.24. The minimum atomic E-state index is -1.37. The molecule has 2 atom stereocenters. The highest BCUT2D eigenvalue weighted by atomic mass is 32.1. The maximum absolute atomic E-state index is 12.7. The number of likely N-dealkylation sites (tertiary alicyclic amines) is 1. The van der Waals surface area contributed by atoms with E-state index in [1.807, 2.05) is 19.9 Å². The number of Topliss-reactive ketones (excluding diaryl/α,β-unsaturated/α-hetero) is 1. The third-order valence-electron chi connectivity index (χ3n) is 5.45. The van der Waals surface area contributed by atoms with Gasteiger partial charge in [-0.2, -0.15) is 0 Å². The van der Waals surface area contributed by atoms with Crippen LogP contribution in [-0.4, -0.2) is 60.4 Å². The number of nitrogens with one attached hydrogen (secondary N) is 3. The van der Waals surface area contributed by atoms with E-state index in [1.165, 1.54) is 18.4 Å². The van der Waals surface area contributed by atoms with E-state index in [-0.39, 0.29) is 19.5 Å². The normalized spacial score (nSPS) is 22.7. The molecule has 0 aromatic carbocycles. The molecule has 0 radical (unpaired) electrons. The number of anilines is 1. The molecule has 3 N–H and O–H groups in total. The third-order valence-corrected chi connectivity index (χ3v) is 6.37. The molecule has 1 aromatic heterocycles. The maximum Gasteiger partial charge on any atom is 0.328 e. The van der Waals surface area contributed by atoms with Gasteiger partial charge in [0, 0.05) is 24.4 Å². The molecular weight excluding hydrogens is 436 g/mol. The van der Waals surface area contributed by atoms with Crippen molar-refractivity contribution in [3.8, 4) is 0 Å². The molecule has 0 aliphatic carbocycles. The van der Waals surface area contributed by atoms with Crippen molar-refractivity contribution in [3.05, 3.63) is 28.0 Å². The molecule has 0 saturated carbocycles. The Morgan fingerprint density at radius 3 is 2.69 bits per heavy atom. The lowest BCUT2D eigenvalue weighted by Crippen LogP contribution is -2.74. The number of imide groups is 1. The number of ketones is 1. The number of methoxy groups -OCH3 is 1. The Morgan fingerprint density at radius 2 is 2.09 bits per heavy atom. The summed E-state index contributed by atoms with van der Waals surface area (Å²) in [6.45, 7) is 4.15. The summed E-state index contributed by atoms with van der Waals surface area (Å²) in [5, 5.41) is 9.38. The van der Waals surface area contributed by atoms with E-state index in [0.717, 1.165) is 10.5 Å². The van der Waals surface area contributed by atoms with Gasteiger partial charge in [-0.25, -0.2) is 4.79 Å². The van der Waals surface area contributed by atoms with Gasteiger partial charge in [0.1, 0.15) is 0 Å². The third kappa shape index (κ3) is 4.89. The van der Waals surface area contributed by atoms with Crippen molar-refractivity contribution in [1.82, 2.24) is 15.5 Å². The lowest BCUT2D eigenvalue weighted by atomic mass is 9.91. The van der Waals surface area contributed by atoms with E-state index in [9.17, 15) is 24.0 Å². The predicted octanol–water partition coefficient (Wildman–Crippen LogP) is 1.19. The Labute approximate surface area is 189 Å². The van der Waals surface area contributed by atoms with Crippen LogP contribution in [0.1, 0.15) is 31.6 Å². The van der Waals surface area contributed by atoms with E-state index in [0.29, 0.717) is 23.4 Å². The molecule has 172 valence electrons. The fraction of sp³-hybridized carbons (Fsp3) is 0.476. The van der Waals surface area contributed by atoms with Crippen molar-refractivity contribution in [2.45, 2.75) is 38.8 Å². The van der Waals surface area contributed by atoms with Crippen molar-refractivity contribution < 1.29 is 28.7 Å². The van der Waals surface area contributed by atoms with Crippen LogP contribution in [0.3, 0.4) is 0 Å². The number of urea groups is 1. The Morgan fingerprint density at radius 1 is 1.34 bits per heavy atom. The summed E-state index contributed by atoms with van der Waals surface area (Å²) in [7, 11) is 1.33. The largest absolute Gasteiger partial charge is 0.349 e. The molecule has 0 spiro atoms. The summed E-state index contributed by atoms with van der Waals surface area (Å²) < 4.78 is 5.12. The first-order chi connectivity index (χ1) is 15.2. The molecule has 2 aliphatic rings.